The molecule has 0 bridgehead atoms. The molecule has 0 aromatic rings. The number of nitrogens with zero attached hydrogens (tertiary/aromatic N) is 1. The molecule has 0 atom stereocenters. The van der Waals surface area contributed by atoms with Gasteiger partial charge in [0.15, 0.2) is 0 Å². The minimum absolute atomic E-state index is 0.438. The largest absolute Gasteiger partial charge is 0.355 e. The van der Waals surface area contributed by atoms with Gasteiger partial charge in [-0.25, -0.2) is 12.7 Å². The Morgan fingerprint density at radius 3 is 2.18 bits per heavy atom. The Bertz CT molecular complexity index is 217. The van der Waals surface area contributed by atoms with E-state index in [2.05, 4.69) is 5.73 Å². The molecule has 0 unspecified atom stereocenters. The van der Waals surface area contributed by atoms with Crippen molar-refractivity contribution in [2.45, 2.75) is 18.9 Å². The Hall–Kier alpha value is -0.130. The molecule has 0 amide bonds. The normalized spacial score (nSPS) is 23.8. The molecular formula is C6H15N2O2S+. The van der Waals surface area contributed by atoms with Crippen LogP contribution in [-0.2, 0) is 10.0 Å². The average Bonchev–Trinajstić information content (AvgIpc) is 1.86. The zero-order chi connectivity index (χ0) is 8.48. The van der Waals surface area contributed by atoms with Gasteiger partial charge in [0.25, 0.3) is 0 Å². The lowest BCUT2D eigenvalue weighted by Gasteiger charge is -2.26. The van der Waals surface area contributed by atoms with Crippen LogP contribution in [0.15, 0.2) is 0 Å². The van der Waals surface area contributed by atoms with Crippen LogP contribution in [0.3, 0.4) is 0 Å². The Balaban J connectivity index is 2.53. The van der Waals surface area contributed by atoms with Crippen molar-refractivity contribution in [3.63, 3.8) is 0 Å². The van der Waals surface area contributed by atoms with Gasteiger partial charge in [-0.2, -0.15) is 0 Å². The topological polar surface area (TPSA) is 65.0 Å². The zero-order valence-corrected chi connectivity index (χ0v) is 7.60. The number of hydrogen-bond donors (Lipinski definition) is 1. The van der Waals surface area contributed by atoms with Crippen molar-refractivity contribution in [3.05, 3.63) is 0 Å². The maximum atomic E-state index is 11.0. The molecule has 0 saturated carbocycles. The van der Waals surface area contributed by atoms with E-state index in [-0.39, 0.29) is 0 Å². The summed E-state index contributed by atoms with van der Waals surface area (Å²) in [5.74, 6) is 0. The quantitative estimate of drug-likeness (QED) is 0.541. The van der Waals surface area contributed by atoms with Crippen LogP contribution in [0, 0.1) is 0 Å². The van der Waals surface area contributed by atoms with E-state index in [1.165, 1.54) is 10.6 Å². The summed E-state index contributed by atoms with van der Waals surface area (Å²) in [7, 11) is -2.94. The van der Waals surface area contributed by atoms with Crippen molar-refractivity contribution in [2.24, 2.45) is 0 Å². The summed E-state index contributed by atoms with van der Waals surface area (Å²) >= 11 is 0. The molecule has 1 aliphatic rings. The van der Waals surface area contributed by atoms with Gasteiger partial charge in [0.05, 0.1) is 12.3 Å². The Labute approximate surface area is 67.4 Å². The van der Waals surface area contributed by atoms with Gasteiger partial charge in [0, 0.05) is 25.9 Å². The maximum Gasteiger partial charge on any atom is 0.211 e. The van der Waals surface area contributed by atoms with E-state index in [0.29, 0.717) is 19.1 Å². The summed E-state index contributed by atoms with van der Waals surface area (Å²) in [5.41, 5.74) is 3.89. The molecule has 0 aliphatic carbocycles. The molecule has 0 radical (unpaired) electrons. The fourth-order valence-electron chi connectivity index (χ4n) is 1.24. The second-order valence-electron chi connectivity index (χ2n) is 3.11. The first-order valence-electron chi connectivity index (χ1n) is 3.78. The predicted octanol–water partition coefficient (Wildman–Crippen LogP) is -1.35. The van der Waals surface area contributed by atoms with E-state index in [1.807, 2.05) is 0 Å². The summed E-state index contributed by atoms with van der Waals surface area (Å²) in [6.45, 7) is 1.29. The van der Waals surface area contributed by atoms with Crippen LogP contribution >= 0.6 is 0 Å². The molecule has 1 heterocycles. The van der Waals surface area contributed by atoms with Gasteiger partial charge in [-0.1, -0.05) is 0 Å². The van der Waals surface area contributed by atoms with E-state index in [0.717, 1.165) is 12.8 Å². The molecule has 0 aromatic heterocycles. The summed E-state index contributed by atoms with van der Waals surface area (Å²) in [6, 6.07) is 0.438. The number of piperidine rings is 1. The molecule has 1 rings (SSSR count). The lowest BCUT2D eigenvalue weighted by atomic mass is 10.1. The van der Waals surface area contributed by atoms with Crippen molar-refractivity contribution in [3.8, 4) is 0 Å². The third-order valence-corrected chi connectivity index (χ3v) is 3.35. The van der Waals surface area contributed by atoms with E-state index in [1.54, 1.807) is 0 Å². The number of rotatable bonds is 1. The second-order valence-corrected chi connectivity index (χ2v) is 5.09. The first-order chi connectivity index (χ1) is 5.00. The van der Waals surface area contributed by atoms with E-state index >= 15 is 0 Å². The van der Waals surface area contributed by atoms with Gasteiger partial charge in [0.1, 0.15) is 0 Å². The lowest BCUT2D eigenvalue weighted by molar-refractivity contribution is -0.425. The van der Waals surface area contributed by atoms with Gasteiger partial charge in [-0.3, -0.25) is 0 Å². The highest BCUT2D eigenvalue weighted by atomic mass is 32.2. The number of quaternary nitrogens is 1. The summed E-state index contributed by atoms with van der Waals surface area (Å²) in [4.78, 5) is 0. The fourth-order valence-corrected chi connectivity index (χ4v) is 2.12. The zero-order valence-electron chi connectivity index (χ0n) is 6.78. The smallest absolute Gasteiger partial charge is 0.211 e. The maximum absolute atomic E-state index is 11.0. The average molecular weight is 179 g/mol. The van der Waals surface area contributed by atoms with E-state index < -0.39 is 10.0 Å². The van der Waals surface area contributed by atoms with Crippen molar-refractivity contribution in [1.82, 2.24) is 4.31 Å². The Kier molecular flexibility index (Phi) is 2.51. The molecule has 1 saturated heterocycles. The Morgan fingerprint density at radius 1 is 1.36 bits per heavy atom. The molecule has 0 spiro atoms. The predicted molar refractivity (Wildman–Crippen MR) is 42.3 cm³/mol. The lowest BCUT2D eigenvalue weighted by Crippen LogP contribution is -2.64. The minimum atomic E-state index is -2.94. The highest BCUT2D eigenvalue weighted by molar-refractivity contribution is 7.88. The first-order valence-corrected chi connectivity index (χ1v) is 5.63. The van der Waals surface area contributed by atoms with Crippen LogP contribution in [0.2, 0.25) is 0 Å². The standard InChI is InChI=1S/C6H14N2O2S/c1-11(9,10)8-4-2-6(7)3-5-8/h6H,2-5,7H2,1H3/p+1. The van der Waals surface area contributed by atoms with Gasteiger partial charge < -0.3 is 5.73 Å². The van der Waals surface area contributed by atoms with Crippen molar-refractivity contribution in [2.75, 3.05) is 19.3 Å². The highest BCUT2D eigenvalue weighted by Gasteiger charge is 2.24. The molecule has 11 heavy (non-hydrogen) atoms. The summed E-state index contributed by atoms with van der Waals surface area (Å²) in [6.07, 6.45) is 3.05. The monoisotopic (exact) mass is 179 g/mol. The molecule has 3 N–H and O–H groups in total. The molecule has 1 fully saturated rings. The molecule has 5 heteroatoms. The highest BCUT2D eigenvalue weighted by Crippen LogP contribution is 2.09. The van der Waals surface area contributed by atoms with Crippen LogP contribution in [-0.4, -0.2) is 38.1 Å². The van der Waals surface area contributed by atoms with Crippen molar-refractivity contribution < 1.29 is 14.2 Å². The molecular weight excluding hydrogens is 164 g/mol. The molecule has 66 valence electrons. The Morgan fingerprint density at radius 2 is 1.82 bits per heavy atom. The number of sulfonamides is 1. The molecule has 0 aromatic carbocycles. The van der Waals surface area contributed by atoms with Crippen molar-refractivity contribution in [1.29, 1.82) is 0 Å². The van der Waals surface area contributed by atoms with Crippen LogP contribution in [0.1, 0.15) is 12.8 Å². The third kappa shape index (κ3) is 2.43. The number of hydrogen-bond acceptors (Lipinski definition) is 2. The van der Waals surface area contributed by atoms with E-state index in [9.17, 15) is 8.42 Å². The minimum Gasteiger partial charge on any atom is -0.355 e. The van der Waals surface area contributed by atoms with Crippen LogP contribution in [0.4, 0.5) is 0 Å². The van der Waals surface area contributed by atoms with Crippen LogP contribution < -0.4 is 5.73 Å². The first kappa shape index (κ1) is 8.96. The molecule has 1 aliphatic heterocycles. The molecule has 4 nitrogen and oxygen atoms in total. The van der Waals surface area contributed by atoms with Crippen LogP contribution in [0.5, 0.6) is 0 Å². The van der Waals surface area contributed by atoms with Gasteiger partial charge >= 0.3 is 0 Å². The van der Waals surface area contributed by atoms with Crippen LogP contribution in [0.25, 0.3) is 0 Å². The summed E-state index contributed by atoms with van der Waals surface area (Å²) in [5, 5.41) is 0. The van der Waals surface area contributed by atoms with Gasteiger partial charge in [-0.15, -0.1) is 0 Å². The van der Waals surface area contributed by atoms with Gasteiger partial charge in [-0.05, 0) is 0 Å². The van der Waals surface area contributed by atoms with Gasteiger partial charge in [0.2, 0.25) is 10.0 Å². The van der Waals surface area contributed by atoms with Crippen molar-refractivity contribution >= 4 is 10.0 Å². The van der Waals surface area contributed by atoms with E-state index in [4.69, 9.17) is 0 Å². The third-order valence-electron chi connectivity index (χ3n) is 2.04. The summed E-state index contributed by atoms with van der Waals surface area (Å²) < 4.78 is 23.5. The SMILES string of the molecule is CS(=O)(=O)N1CCC([NH3+])CC1. The fraction of sp³-hybridized carbons (Fsp3) is 1.00. The second kappa shape index (κ2) is 3.08.